The van der Waals surface area contributed by atoms with E-state index in [1.165, 1.54) is 0 Å². The van der Waals surface area contributed by atoms with Crippen LogP contribution >= 0.6 is 0 Å². The number of terminal acetylenes is 1. The molecule has 13 heavy (non-hydrogen) atoms. The Morgan fingerprint density at radius 3 is 2.92 bits per heavy atom. The second kappa shape index (κ2) is 4.51. The molecule has 1 heterocycles. The molecule has 0 amide bonds. The van der Waals surface area contributed by atoms with Gasteiger partial charge in [0.1, 0.15) is 0 Å². The van der Waals surface area contributed by atoms with Crippen LogP contribution in [0.25, 0.3) is 0 Å². The average Bonchev–Trinajstić information content (AvgIpc) is 2.04. The van der Waals surface area contributed by atoms with Crippen LogP contribution in [0.2, 0.25) is 0 Å². The third-order valence-corrected chi connectivity index (χ3v) is 1.42. The van der Waals surface area contributed by atoms with Crippen molar-refractivity contribution in [1.29, 1.82) is 0 Å². The molecule has 68 valence electrons. The monoisotopic (exact) mass is 175 g/mol. The summed E-state index contributed by atoms with van der Waals surface area (Å²) in [5, 5.41) is 0. The lowest BCUT2D eigenvalue weighted by Gasteiger charge is -2.08. The first-order chi connectivity index (χ1) is 6.22. The van der Waals surface area contributed by atoms with Crippen LogP contribution in [0.15, 0.2) is 18.2 Å². The molecule has 0 fully saturated rings. The first-order valence-corrected chi connectivity index (χ1v) is 4.28. The van der Waals surface area contributed by atoms with Crippen LogP contribution < -0.4 is 4.74 Å². The minimum Gasteiger partial charge on any atom is -0.475 e. The summed E-state index contributed by atoms with van der Waals surface area (Å²) in [6, 6.07) is 5.63. The minimum absolute atomic E-state index is 0.147. The number of nitrogens with zero attached hydrogens (tertiary/aromatic N) is 1. The lowest BCUT2D eigenvalue weighted by molar-refractivity contribution is 0.232. The zero-order valence-corrected chi connectivity index (χ0v) is 7.95. The second-order valence-electron chi connectivity index (χ2n) is 3.01. The first kappa shape index (κ1) is 9.60. The molecule has 0 aliphatic heterocycles. The second-order valence-corrected chi connectivity index (χ2v) is 3.01. The SMILES string of the molecule is C#CCc1cccc(OC(C)C)n1. The maximum Gasteiger partial charge on any atom is 0.213 e. The van der Waals surface area contributed by atoms with Gasteiger partial charge in [-0.2, -0.15) is 0 Å². The van der Waals surface area contributed by atoms with Crippen LogP contribution in [0.5, 0.6) is 5.88 Å². The van der Waals surface area contributed by atoms with Gasteiger partial charge in [0.2, 0.25) is 5.88 Å². The quantitative estimate of drug-likeness (QED) is 0.656. The zero-order chi connectivity index (χ0) is 9.68. The molecule has 0 aliphatic rings. The maximum absolute atomic E-state index is 5.42. The van der Waals surface area contributed by atoms with Crippen LogP contribution in [0.4, 0.5) is 0 Å². The summed E-state index contributed by atoms with van der Waals surface area (Å²) in [5.41, 5.74) is 0.876. The van der Waals surface area contributed by atoms with Crippen molar-refractivity contribution < 1.29 is 4.74 Å². The molecule has 0 spiro atoms. The summed E-state index contributed by atoms with van der Waals surface area (Å²) in [7, 11) is 0. The van der Waals surface area contributed by atoms with Crippen LogP contribution in [0.1, 0.15) is 19.5 Å². The van der Waals surface area contributed by atoms with Crippen molar-refractivity contribution in [1.82, 2.24) is 4.98 Å². The third kappa shape index (κ3) is 3.16. The van der Waals surface area contributed by atoms with Crippen LogP contribution in [0, 0.1) is 12.3 Å². The minimum atomic E-state index is 0.147. The van der Waals surface area contributed by atoms with Gasteiger partial charge in [0.15, 0.2) is 0 Å². The van der Waals surface area contributed by atoms with Gasteiger partial charge in [-0.1, -0.05) is 6.07 Å². The summed E-state index contributed by atoms with van der Waals surface area (Å²) in [6.45, 7) is 3.94. The van der Waals surface area contributed by atoms with Gasteiger partial charge in [0.25, 0.3) is 0 Å². The lowest BCUT2D eigenvalue weighted by atomic mass is 10.3. The summed E-state index contributed by atoms with van der Waals surface area (Å²) in [5.74, 6) is 3.19. The molecule has 0 aromatic carbocycles. The molecular formula is C11H13NO. The van der Waals surface area contributed by atoms with Gasteiger partial charge in [0.05, 0.1) is 18.2 Å². The smallest absolute Gasteiger partial charge is 0.213 e. The average molecular weight is 175 g/mol. The molecule has 0 aliphatic carbocycles. The van der Waals surface area contributed by atoms with Gasteiger partial charge in [-0.25, -0.2) is 4.98 Å². The molecular weight excluding hydrogens is 162 g/mol. The molecule has 2 heteroatoms. The Hall–Kier alpha value is -1.49. The van der Waals surface area contributed by atoms with E-state index in [2.05, 4.69) is 10.9 Å². The topological polar surface area (TPSA) is 22.1 Å². The Morgan fingerprint density at radius 2 is 2.31 bits per heavy atom. The molecule has 2 nitrogen and oxygen atoms in total. The molecule has 1 aromatic heterocycles. The van der Waals surface area contributed by atoms with Crippen LogP contribution in [-0.2, 0) is 6.42 Å². The first-order valence-electron chi connectivity index (χ1n) is 4.28. The van der Waals surface area contributed by atoms with Gasteiger partial charge < -0.3 is 4.74 Å². The van der Waals surface area contributed by atoms with Crippen molar-refractivity contribution in [2.45, 2.75) is 26.4 Å². The summed E-state index contributed by atoms with van der Waals surface area (Å²) >= 11 is 0. The van der Waals surface area contributed by atoms with E-state index in [1.54, 1.807) is 0 Å². The van der Waals surface area contributed by atoms with E-state index in [4.69, 9.17) is 11.2 Å². The Morgan fingerprint density at radius 1 is 1.54 bits per heavy atom. The van der Waals surface area contributed by atoms with Crippen molar-refractivity contribution in [3.63, 3.8) is 0 Å². The molecule has 1 rings (SSSR count). The fourth-order valence-electron chi connectivity index (χ4n) is 0.968. The van der Waals surface area contributed by atoms with Crippen LogP contribution in [-0.4, -0.2) is 11.1 Å². The highest BCUT2D eigenvalue weighted by Crippen LogP contribution is 2.09. The Labute approximate surface area is 79.0 Å². The van der Waals surface area contributed by atoms with E-state index in [1.807, 2.05) is 32.0 Å². The number of ether oxygens (including phenoxy) is 1. The van der Waals surface area contributed by atoms with Gasteiger partial charge in [0, 0.05) is 6.07 Å². The summed E-state index contributed by atoms with van der Waals surface area (Å²) in [4.78, 5) is 4.24. The van der Waals surface area contributed by atoms with Gasteiger partial charge in [-0.15, -0.1) is 12.3 Å². The molecule has 0 radical (unpaired) electrons. The molecule has 0 N–H and O–H groups in total. The molecule has 1 aromatic rings. The Kier molecular flexibility index (Phi) is 3.33. The van der Waals surface area contributed by atoms with Gasteiger partial charge in [-0.3, -0.25) is 0 Å². The van der Waals surface area contributed by atoms with E-state index in [0.29, 0.717) is 12.3 Å². The van der Waals surface area contributed by atoms with E-state index in [-0.39, 0.29) is 6.10 Å². The molecule has 0 atom stereocenters. The number of hydrogen-bond donors (Lipinski definition) is 0. The van der Waals surface area contributed by atoms with Gasteiger partial charge in [-0.05, 0) is 19.9 Å². The Balaban J connectivity index is 2.74. The van der Waals surface area contributed by atoms with Crippen molar-refractivity contribution in [3.05, 3.63) is 23.9 Å². The van der Waals surface area contributed by atoms with E-state index in [0.717, 1.165) is 5.69 Å². The van der Waals surface area contributed by atoms with Crippen molar-refractivity contribution in [2.24, 2.45) is 0 Å². The molecule has 0 unspecified atom stereocenters. The van der Waals surface area contributed by atoms with E-state index >= 15 is 0 Å². The van der Waals surface area contributed by atoms with Gasteiger partial charge >= 0.3 is 0 Å². The highest BCUT2D eigenvalue weighted by Gasteiger charge is 1.99. The Bertz CT molecular complexity index is 312. The highest BCUT2D eigenvalue weighted by molar-refractivity contribution is 5.18. The maximum atomic E-state index is 5.42. The number of aromatic nitrogens is 1. The molecule has 0 saturated carbocycles. The molecule has 0 saturated heterocycles. The van der Waals surface area contributed by atoms with E-state index in [9.17, 15) is 0 Å². The largest absolute Gasteiger partial charge is 0.475 e. The number of rotatable bonds is 3. The normalized spacial score (nSPS) is 9.69. The predicted octanol–water partition coefficient (Wildman–Crippen LogP) is 2.04. The zero-order valence-electron chi connectivity index (χ0n) is 7.95. The van der Waals surface area contributed by atoms with Crippen molar-refractivity contribution in [3.8, 4) is 18.2 Å². The fourth-order valence-corrected chi connectivity index (χ4v) is 0.968. The molecule has 0 bridgehead atoms. The summed E-state index contributed by atoms with van der Waals surface area (Å²) < 4.78 is 5.42. The fraction of sp³-hybridized carbons (Fsp3) is 0.364. The van der Waals surface area contributed by atoms with Crippen LogP contribution in [0.3, 0.4) is 0 Å². The highest BCUT2D eigenvalue weighted by atomic mass is 16.5. The lowest BCUT2D eigenvalue weighted by Crippen LogP contribution is -2.07. The van der Waals surface area contributed by atoms with Crippen molar-refractivity contribution in [2.75, 3.05) is 0 Å². The standard InChI is InChI=1S/C11H13NO/c1-4-6-10-7-5-8-11(12-10)13-9(2)3/h1,5,7-9H,6H2,2-3H3. The summed E-state index contributed by atoms with van der Waals surface area (Å²) in [6.07, 6.45) is 5.88. The number of hydrogen-bond acceptors (Lipinski definition) is 2. The third-order valence-electron chi connectivity index (χ3n) is 1.42. The predicted molar refractivity (Wildman–Crippen MR) is 52.5 cm³/mol. The van der Waals surface area contributed by atoms with Crippen molar-refractivity contribution >= 4 is 0 Å². The van der Waals surface area contributed by atoms with E-state index < -0.39 is 0 Å². The number of pyridine rings is 1.